The minimum absolute atomic E-state index is 0.0406. The van der Waals surface area contributed by atoms with E-state index in [-0.39, 0.29) is 29.7 Å². The van der Waals surface area contributed by atoms with Gasteiger partial charge in [0, 0.05) is 24.7 Å². The lowest BCUT2D eigenvalue weighted by molar-refractivity contribution is -0.131. The zero-order chi connectivity index (χ0) is 14.0. The highest BCUT2D eigenvalue weighted by Crippen LogP contribution is 2.26. The van der Waals surface area contributed by atoms with Crippen LogP contribution in [0.15, 0.2) is 24.5 Å². The van der Waals surface area contributed by atoms with Crippen molar-refractivity contribution in [2.24, 2.45) is 5.92 Å². The molecule has 1 N–H and O–H groups in total. The van der Waals surface area contributed by atoms with E-state index in [0.717, 1.165) is 0 Å². The molecule has 0 spiro atoms. The summed E-state index contributed by atoms with van der Waals surface area (Å²) in [6.45, 7) is 6.42. The Hall–Kier alpha value is -1.91. The predicted molar refractivity (Wildman–Crippen MR) is 72.4 cm³/mol. The fourth-order valence-electron chi connectivity index (χ4n) is 2.21. The van der Waals surface area contributed by atoms with Gasteiger partial charge in [-0.25, -0.2) is 0 Å². The number of carbonyl (C=O) groups is 2. The van der Waals surface area contributed by atoms with E-state index in [1.54, 1.807) is 29.4 Å². The van der Waals surface area contributed by atoms with Crippen LogP contribution in [0.25, 0.3) is 0 Å². The third-order valence-corrected chi connectivity index (χ3v) is 3.23. The average molecular weight is 261 g/mol. The van der Waals surface area contributed by atoms with Crippen molar-refractivity contribution in [2.75, 3.05) is 11.9 Å². The largest absolute Gasteiger partial charge is 0.337 e. The molecule has 1 atom stereocenters. The number of nitrogens with one attached hydrogen (secondary N) is 1. The van der Waals surface area contributed by atoms with Crippen molar-refractivity contribution >= 4 is 17.5 Å². The highest BCUT2D eigenvalue weighted by Gasteiger charge is 2.39. The normalized spacial score (nSPS) is 19.6. The van der Waals surface area contributed by atoms with E-state index >= 15 is 0 Å². The molecule has 2 rings (SSSR count). The first kappa shape index (κ1) is 13.5. The Morgan fingerprint density at radius 3 is 2.74 bits per heavy atom. The average Bonchev–Trinajstić information content (AvgIpc) is 2.72. The second kappa shape index (κ2) is 4.99. The van der Waals surface area contributed by atoms with E-state index in [0.29, 0.717) is 12.2 Å². The van der Waals surface area contributed by atoms with Gasteiger partial charge in [0.2, 0.25) is 11.8 Å². The van der Waals surface area contributed by atoms with Crippen LogP contribution in [0.4, 0.5) is 5.69 Å². The van der Waals surface area contributed by atoms with Gasteiger partial charge in [0.15, 0.2) is 0 Å². The second-order valence-corrected chi connectivity index (χ2v) is 5.81. The lowest BCUT2D eigenvalue weighted by atomic mass is 10.1. The molecule has 1 aromatic rings. The SMILES string of the molecule is CC(C)(C)N1CC(C(=O)Nc2cccnc2)CC1=O. The fraction of sp³-hybridized carbons (Fsp3) is 0.500. The number of anilines is 1. The summed E-state index contributed by atoms with van der Waals surface area (Å²) >= 11 is 0. The molecule has 2 heterocycles. The van der Waals surface area contributed by atoms with Crippen LogP contribution in [0.5, 0.6) is 0 Å². The first-order valence-corrected chi connectivity index (χ1v) is 6.39. The highest BCUT2D eigenvalue weighted by atomic mass is 16.2. The predicted octanol–water partition coefficient (Wildman–Crippen LogP) is 1.67. The lowest BCUT2D eigenvalue weighted by Crippen LogP contribution is -2.42. The monoisotopic (exact) mass is 261 g/mol. The molecule has 0 saturated carbocycles. The van der Waals surface area contributed by atoms with E-state index in [1.807, 2.05) is 20.8 Å². The standard InChI is InChI=1S/C14H19N3O2/c1-14(2,3)17-9-10(7-12(17)18)13(19)16-11-5-4-6-15-8-11/h4-6,8,10H,7,9H2,1-3H3,(H,16,19). The molecule has 102 valence electrons. The zero-order valence-electron chi connectivity index (χ0n) is 11.5. The summed E-state index contributed by atoms with van der Waals surface area (Å²) in [4.78, 5) is 29.7. The molecule has 1 aliphatic heterocycles. The molecule has 5 nitrogen and oxygen atoms in total. The van der Waals surface area contributed by atoms with Gasteiger partial charge in [-0.1, -0.05) is 0 Å². The van der Waals surface area contributed by atoms with Gasteiger partial charge in [0.25, 0.3) is 0 Å². The van der Waals surface area contributed by atoms with Gasteiger partial charge in [0.05, 0.1) is 17.8 Å². The summed E-state index contributed by atoms with van der Waals surface area (Å²) in [7, 11) is 0. The van der Waals surface area contributed by atoms with Crippen LogP contribution >= 0.6 is 0 Å². The molecule has 2 amide bonds. The Morgan fingerprint density at radius 2 is 2.21 bits per heavy atom. The second-order valence-electron chi connectivity index (χ2n) is 5.81. The minimum atomic E-state index is -0.285. The molecular weight excluding hydrogens is 242 g/mol. The number of nitrogens with zero attached hydrogens (tertiary/aromatic N) is 2. The third kappa shape index (κ3) is 3.10. The molecule has 5 heteroatoms. The Morgan fingerprint density at radius 1 is 1.47 bits per heavy atom. The van der Waals surface area contributed by atoms with Crippen LogP contribution in [-0.4, -0.2) is 33.8 Å². The number of hydrogen-bond acceptors (Lipinski definition) is 3. The van der Waals surface area contributed by atoms with Gasteiger partial charge >= 0.3 is 0 Å². The summed E-state index contributed by atoms with van der Waals surface area (Å²) < 4.78 is 0. The van der Waals surface area contributed by atoms with E-state index < -0.39 is 0 Å². The van der Waals surface area contributed by atoms with Crippen molar-refractivity contribution in [2.45, 2.75) is 32.7 Å². The van der Waals surface area contributed by atoms with Crippen molar-refractivity contribution < 1.29 is 9.59 Å². The molecule has 0 bridgehead atoms. The van der Waals surface area contributed by atoms with Gasteiger partial charge in [0.1, 0.15) is 0 Å². The summed E-state index contributed by atoms with van der Waals surface area (Å²) in [5.41, 5.74) is 0.426. The molecule has 1 unspecified atom stereocenters. The molecule has 0 aromatic carbocycles. The van der Waals surface area contributed by atoms with Gasteiger partial charge in [-0.3, -0.25) is 14.6 Å². The first-order chi connectivity index (χ1) is 8.88. The Kier molecular flexibility index (Phi) is 3.55. The van der Waals surface area contributed by atoms with Gasteiger partial charge < -0.3 is 10.2 Å². The molecule has 1 fully saturated rings. The molecular formula is C14H19N3O2. The maximum atomic E-state index is 12.1. The number of rotatable bonds is 2. The summed E-state index contributed by atoms with van der Waals surface area (Å²) in [5, 5.41) is 2.80. The van der Waals surface area contributed by atoms with Crippen molar-refractivity contribution in [3.63, 3.8) is 0 Å². The number of hydrogen-bond donors (Lipinski definition) is 1. The molecule has 1 saturated heterocycles. The maximum Gasteiger partial charge on any atom is 0.229 e. The van der Waals surface area contributed by atoms with Crippen LogP contribution in [-0.2, 0) is 9.59 Å². The third-order valence-electron chi connectivity index (χ3n) is 3.23. The Balaban J connectivity index is 2.01. The lowest BCUT2D eigenvalue weighted by Gasteiger charge is -2.31. The number of aromatic nitrogens is 1. The highest BCUT2D eigenvalue weighted by molar-refractivity contribution is 5.97. The molecule has 0 aliphatic carbocycles. The topological polar surface area (TPSA) is 62.3 Å². The maximum absolute atomic E-state index is 12.1. The molecule has 19 heavy (non-hydrogen) atoms. The van der Waals surface area contributed by atoms with E-state index in [2.05, 4.69) is 10.3 Å². The zero-order valence-corrected chi connectivity index (χ0v) is 11.5. The van der Waals surface area contributed by atoms with Crippen molar-refractivity contribution in [3.8, 4) is 0 Å². The first-order valence-electron chi connectivity index (χ1n) is 6.39. The molecule has 1 aromatic heterocycles. The van der Waals surface area contributed by atoms with E-state index in [4.69, 9.17) is 0 Å². The van der Waals surface area contributed by atoms with Crippen molar-refractivity contribution in [1.29, 1.82) is 0 Å². The van der Waals surface area contributed by atoms with Crippen LogP contribution in [0.3, 0.4) is 0 Å². The van der Waals surface area contributed by atoms with Crippen molar-refractivity contribution in [1.82, 2.24) is 9.88 Å². The minimum Gasteiger partial charge on any atom is -0.337 e. The summed E-state index contributed by atoms with van der Waals surface area (Å²) in [5.74, 6) is -0.362. The van der Waals surface area contributed by atoms with Crippen molar-refractivity contribution in [3.05, 3.63) is 24.5 Å². The summed E-state index contributed by atoms with van der Waals surface area (Å²) in [6.07, 6.45) is 3.52. The smallest absolute Gasteiger partial charge is 0.229 e. The van der Waals surface area contributed by atoms with Gasteiger partial charge in [-0.2, -0.15) is 0 Å². The van der Waals surface area contributed by atoms with Crippen LogP contribution in [0, 0.1) is 5.92 Å². The van der Waals surface area contributed by atoms with Crippen LogP contribution in [0.1, 0.15) is 27.2 Å². The van der Waals surface area contributed by atoms with E-state index in [1.165, 1.54) is 0 Å². The number of carbonyl (C=O) groups excluding carboxylic acids is 2. The number of amides is 2. The number of pyridine rings is 1. The fourth-order valence-corrected chi connectivity index (χ4v) is 2.21. The Labute approximate surface area is 113 Å². The van der Waals surface area contributed by atoms with Gasteiger partial charge in [-0.15, -0.1) is 0 Å². The van der Waals surface area contributed by atoms with E-state index in [9.17, 15) is 9.59 Å². The van der Waals surface area contributed by atoms with Crippen LogP contribution in [0.2, 0.25) is 0 Å². The van der Waals surface area contributed by atoms with Gasteiger partial charge in [-0.05, 0) is 32.9 Å². The quantitative estimate of drug-likeness (QED) is 0.880. The number of likely N-dealkylation sites (tertiary alicyclic amines) is 1. The summed E-state index contributed by atoms with van der Waals surface area (Å²) in [6, 6.07) is 3.54. The molecule has 0 radical (unpaired) electrons. The van der Waals surface area contributed by atoms with Crippen LogP contribution < -0.4 is 5.32 Å². The Bertz CT molecular complexity index is 479. The molecule has 1 aliphatic rings.